The molecule has 0 saturated heterocycles. The van der Waals surface area contributed by atoms with Crippen LogP contribution in [0.5, 0.6) is 0 Å². The van der Waals surface area contributed by atoms with E-state index in [4.69, 9.17) is 0 Å². The number of fused-ring (bicyclic) bond motifs is 2. The van der Waals surface area contributed by atoms with Gasteiger partial charge in [-0.05, 0) is 42.7 Å². The number of aromatic amines is 1. The van der Waals surface area contributed by atoms with Crippen molar-refractivity contribution in [3.8, 4) is 11.4 Å². The van der Waals surface area contributed by atoms with E-state index in [-0.39, 0.29) is 0 Å². The van der Waals surface area contributed by atoms with Crippen molar-refractivity contribution in [2.45, 2.75) is 12.8 Å². The van der Waals surface area contributed by atoms with E-state index in [1.807, 2.05) is 6.07 Å². The standard InChI is InChI=1S/C16H16N4/c1-20-8-2-3-11-9-12(4-5-15(11)20)16-18-13-6-7-17-10-14(13)19-16/h4-7,9-10H,2-3,8H2,1H3,(H,18,19). The van der Waals surface area contributed by atoms with Crippen LogP contribution in [0, 0.1) is 0 Å². The van der Waals surface area contributed by atoms with Gasteiger partial charge in [0.2, 0.25) is 0 Å². The predicted molar refractivity (Wildman–Crippen MR) is 80.9 cm³/mol. The Bertz CT molecular complexity index is 742. The number of imidazole rings is 1. The number of anilines is 1. The molecule has 1 aliphatic heterocycles. The van der Waals surface area contributed by atoms with Gasteiger partial charge in [0.15, 0.2) is 0 Å². The topological polar surface area (TPSA) is 44.8 Å². The van der Waals surface area contributed by atoms with Gasteiger partial charge in [0.1, 0.15) is 11.3 Å². The second kappa shape index (κ2) is 4.34. The van der Waals surface area contributed by atoms with Crippen molar-refractivity contribution in [2.24, 2.45) is 0 Å². The Balaban J connectivity index is 1.82. The lowest BCUT2D eigenvalue weighted by molar-refractivity contribution is 0.744. The molecule has 0 aliphatic carbocycles. The van der Waals surface area contributed by atoms with Gasteiger partial charge < -0.3 is 9.88 Å². The molecule has 4 nitrogen and oxygen atoms in total. The monoisotopic (exact) mass is 264 g/mol. The second-order valence-electron chi connectivity index (χ2n) is 5.35. The molecule has 4 rings (SSSR count). The van der Waals surface area contributed by atoms with E-state index in [2.05, 4.69) is 45.1 Å². The van der Waals surface area contributed by atoms with Crippen LogP contribution in [0.1, 0.15) is 12.0 Å². The van der Waals surface area contributed by atoms with Crippen molar-refractivity contribution >= 4 is 16.7 Å². The molecule has 100 valence electrons. The molecule has 20 heavy (non-hydrogen) atoms. The molecule has 0 atom stereocenters. The summed E-state index contributed by atoms with van der Waals surface area (Å²) in [6.45, 7) is 1.14. The first-order valence-corrected chi connectivity index (χ1v) is 6.95. The number of benzene rings is 1. The molecular formula is C16H16N4. The number of hydrogen-bond donors (Lipinski definition) is 1. The van der Waals surface area contributed by atoms with Gasteiger partial charge in [0.25, 0.3) is 0 Å². The van der Waals surface area contributed by atoms with Crippen LogP contribution in [0.25, 0.3) is 22.4 Å². The van der Waals surface area contributed by atoms with Crippen LogP contribution in [0.2, 0.25) is 0 Å². The van der Waals surface area contributed by atoms with Crippen LogP contribution in [0.3, 0.4) is 0 Å². The summed E-state index contributed by atoms with van der Waals surface area (Å²) in [4.78, 5) is 14.4. The molecule has 2 aromatic heterocycles. The smallest absolute Gasteiger partial charge is 0.138 e. The Morgan fingerprint density at radius 1 is 1.25 bits per heavy atom. The van der Waals surface area contributed by atoms with E-state index in [0.29, 0.717) is 0 Å². The van der Waals surface area contributed by atoms with E-state index in [1.54, 1.807) is 12.4 Å². The Morgan fingerprint density at radius 2 is 2.20 bits per heavy atom. The second-order valence-corrected chi connectivity index (χ2v) is 5.35. The largest absolute Gasteiger partial charge is 0.374 e. The third-order valence-corrected chi connectivity index (χ3v) is 3.99. The molecule has 1 aromatic carbocycles. The number of hydrogen-bond acceptors (Lipinski definition) is 3. The molecule has 3 heterocycles. The summed E-state index contributed by atoms with van der Waals surface area (Å²) in [5.74, 6) is 0.920. The van der Waals surface area contributed by atoms with E-state index in [1.165, 1.54) is 17.7 Å². The fourth-order valence-corrected chi connectivity index (χ4v) is 2.93. The predicted octanol–water partition coefficient (Wildman–Crippen LogP) is 3.01. The van der Waals surface area contributed by atoms with Crippen molar-refractivity contribution in [1.29, 1.82) is 0 Å². The van der Waals surface area contributed by atoms with Crippen LogP contribution in [-0.4, -0.2) is 28.5 Å². The zero-order valence-electron chi connectivity index (χ0n) is 11.4. The third-order valence-electron chi connectivity index (χ3n) is 3.99. The first kappa shape index (κ1) is 11.5. The van der Waals surface area contributed by atoms with Gasteiger partial charge in [0.05, 0.1) is 11.7 Å². The quantitative estimate of drug-likeness (QED) is 0.735. The fourth-order valence-electron chi connectivity index (χ4n) is 2.93. The highest BCUT2D eigenvalue weighted by Crippen LogP contribution is 2.30. The van der Waals surface area contributed by atoms with Crippen molar-refractivity contribution in [3.63, 3.8) is 0 Å². The van der Waals surface area contributed by atoms with Gasteiger partial charge in [-0.25, -0.2) is 4.98 Å². The highest BCUT2D eigenvalue weighted by Gasteiger charge is 2.15. The van der Waals surface area contributed by atoms with Gasteiger partial charge in [0, 0.05) is 31.0 Å². The zero-order valence-corrected chi connectivity index (χ0v) is 11.4. The Hall–Kier alpha value is -2.36. The fraction of sp³-hybridized carbons (Fsp3) is 0.250. The minimum Gasteiger partial charge on any atom is -0.374 e. The molecule has 0 spiro atoms. The molecule has 0 saturated carbocycles. The Kier molecular flexibility index (Phi) is 2.49. The summed E-state index contributed by atoms with van der Waals surface area (Å²) >= 11 is 0. The molecule has 0 radical (unpaired) electrons. The highest BCUT2D eigenvalue weighted by molar-refractivity contribution is 5.79. The molecule has 0 bridgehead atoms. The number of nitrogens with one attached hydrogen (secondary N) is 1. The van der Waals surface area contributed by atoms with Gasteiger partial charge >= 0.3 is 0 Å². The zero-order chi connectivity index (χ0) is 13.5. The first-order chi connectivity index (χ1) is 9.81. The summed E-state index contributed by atoms with van der Waals surface area (Å²) in [6.07, 6.45) is 5.94. The van der Waals surface area contributed by atoms with Crippen LogP contribution < -0.4 is 4.90 Å². The summed E-state index contributed by atoms with van der Waals surface area (Å²) in [5, 5.41) is 0. The molecule has 1 N–H and O–H groups in total. The van der Waals surface area contributed by atoms with E-state index < -0.39 is 0 Å². The van der Waals surface area contributed by atoms with E-state index in [0.717, 1.165) is 35.4 Å². The van der Waals surface area contributed by atoms with Crippen molar-refractivity contribution in [2.75, 3.05) is 18.5 Å². The Morgan fingerprint density at radius 3 is 3.10 bits per heavy atom. The average Bonchev–Trinajstić information content (AvgIpc) is 2.91. The summed E-state index contributed by atoms with van der Waals surface area (Å²) < 4.78 is 0. The Labute approximate surface area is 117 Å². The van der Waals surface area contributed by atoms with Crippen LogP contribution in [0.15, 0.2) is 36.7 Å². The lowest BCUT2D eigenvalue weighted by Gasteiger charge is -2.27. The van der Waals surface area contributed by atoms with Gasteiger partial charge in [-0.1, -0.05) is 0 Å². The summed E-state index contributed by atoms with van der Waals surface area (Å²) in [6, 6.07) is 8.56. The maximum Gasteiger partial charge on any atom is 0.138 e. The van der Waals surface area contributed by atoms with Gasteiger partial charge in [-0.3, -0.25) is 4.98 Å². The van der Waals surface area contributed by atoms with Crippen LogP contribution >= 0.6 is 0 Å². The molecule has 4 heteroatoms. The molecule has 3 aromatic rings. The van der Waals surface area contributed by atoms with Gasteiger partial charge in [-0.2, -0.15) is 0 Å². The van der Waals surface area contributed by atoms with Crippen LogP contribution in [-0.2, 0) is 6.42 Å². The number of rotatable bonds is 1. The number of H-pyrrole nitrogens is 1. The SMILES string of the molecule is CN1CCCc2cc(-c3nc4cnccc4[nH]3)ccc21. The molecule has 1 aliphatic rings. The summed E-state index contributed by atoms with van der Waals surface area (Å²) in [5.41, 5.74) is 5.85. The van der Waals surface area contributed by atoms with E-state index in [9.17, 15) is 0 Å². The average molecular weight is 264 g/mol. The maximum atomic E-state index is 4.62. The lowest BCUT2D eigenvalue weighted by Crippen LogP contribution is -2.24. The van der Waals surface area contributed by atoms with E-state index >= 15 is 0 Å². The molecule has 0 unspecified atom stereocenters. The minimum atomic E-state index is 0.914. The van der Waals surface area contributed by atoms with Gasteiger partial charge in [-0.15, -0.1) is 0 Å². The number of nitrogens with zero attached hydrogens (tertiary/aromatic N) is 3. The molecule has 0 amide bonds. The number of aryl methyl sites for hydroxylation is 1. The normalized spacial score (nSPS) is 14.6. The lowest BCUT2D eigenvalue weighted by atomic mass is 9.99. The molecular weight excluding hydrogens is 248 g/mol. The van der Waals surface area contributed by atoms with Crippen molar-refractivity contribution < 1.29 is 0 Å². The molecule has 0 fully saturated rings. The summed E-state index contributed by atoms with van der Waals surface area (Å²) in [7, 11) is 2.16. The maximum absolute atomic E-state index is 4.62. The third kappa shape index (κ3) is 1.76. The number of aromatic nitrogens is 3. The first-order valence-electron chi connectivity index (χ1n) is 6.95. The highest BCUT2D eigenvalue weighted by atomic mass is 15.1. The number of pyridine rings is 1. The minimum absolute atomic E-state index is 0.914. The van der Waals surface area contributed by atoms with Crippen LogP contribution in [0.4, 0.5) is 5.69 Å². The van der Waals surface area contributed by atoms with Crippen molar-refractivity contribution in [1.82, 2.24) is 15.0 Å². The van der Waals surface area contributed by atoms with Crippen molar-refractivity contribution in [3.05, 3.63) is 42.2 Å².